The predicted octanol–water partition coefficient (Wildman–Crippen LogP) is 4.40. The minimum Gasteiger partial charge on any atom is -0.310 e. The van der Waals surface area contributed by atoms with Gasteiger partial charge in [0, 0.05) is 29.3 Å². The van der Waals surface area contributed by atoms with Gasteiger partial charge in [0.05, 0.1) is 6.20 Å². The van der Waals surface area contributed by atoms with E-state index in [9.17, 15) is 0 Å². The summed E-state index contributed by atoms with van der Waals surface area (Å²) in [5, 5.41) is 9.15. The number of rotatable bonds is 7. The van der Waals surface area contributed by atoms with Crippen LogP contribution in [0.25, 0.3) is 0 Å². The smallest absolute Gasteiger partial charge is 0.0521 e. The number of aromatic nitrogens is 2. The summed E-state index contributed by atoms with van der Waals surface area (Å²) in [4.78, 5) is 0. The highest BCUT2D eigenvalue weighted by atomic mass is 35.5. The Kier molecular flexibility index (Phi) is 6.09. The van der Waals surface area contributed by atoms with Crippen molar-refractivity contribution in [3.63, 3.8) is 0 Å². The van der Waals surface area contributed by atoms with Gasteiger partial charge in [-0.3, -0.25) is 4.68 Å². The van der Waals surface area contributed by atoms with Crippen molar-refractivity contribution >= 4 is 23.2 Å². The zero-order chi connectivity index (χ0) is 15.2. The summed E-state index contributed by atoms with van der Waals surface area (Å²) in [7, 11) is 1.94. The molecule has 0 aliphatic rings. The molecule has 2 aromatic rings. The molecule has 1 aromatic heterocycles. The van der Waals surface area contributed by atoms with Crippen molar-refractivity contribution in [3.05, 3.63) is 51.8 Å². The van der Waals surface area contributed by atoms with Crippen LogP contribution in [-0.4, -0.2) is 16.3 Å². The van der Waals surface area contributed by atoms with Gasteiger partial charge in [0.25, 0.3) is 0 Å². The zero-order valence-electron chi connectivity index (χ0n) is 12.4. The summed E-state index contributed by atoms with van der Waals surface area (Å²) < 4.78 is 1.83. The molecule has 0 spiro atoms. The summed E-state index contributed by atoms with van der Waals surface area (Å²) in [5.41, 5.74) is 2.39. The molecule has 0 amide bonds. The van der Waals surface area contributed by atoms with Crippen LogP contribution < -0.4 is 5.32 Å². The fraction of sp³-hybridized carbons (Fsp3) is 0.438. The van der Waals surface area contributed by atoms with Crippen LogP contribution in [0.15, 0.2) is 30.6 Å². The predicted molar refractivity (Wildman–Crippen MR) is 89.0 cm³/mol. The molecule has 2 rings (SSSR count). The van der Waals surface area contributed by atoms with Gasteiger partial charge >= 0.3 is 0 Å². The average Bonchev–Trinajstić information content (AvgIpc) is 2.83. The third-order valence-corrected chi connectivity index (χ3v) is 3.84. The molecule has 1 atom stereocenters. The maximum Gasteiger partial charge on any atom is 0.0521 e. The second kappa shape index (κ2) is 7.83. The molecule has 1 heterocycles. The molecule has 0 saturated heterocycles. The summed E-state index contributed by atoms with van der Waals surface area (Å²) in [5.74, 6) is 0. The maximum atomic E-state index is 6.12. The summed E-state index contributed by atoms with van der Waals surface area (Å²) in [6.07, 6.45) is 7.03. The van der Waals surface area contributed by atoms with E-state index in [0.29, 0.717) is 10.0 Å². The van der Waals surface area contributed by atoms with Crippen molar-refractivity contribution < 1.29 is 0 Å². The number of nitrogens with one attached hydrogen (secondary N) is 1. The number of halogens is 2. The minimum atomic E-state index is 0.251. The number of benzene rings is 1. The molecule has 3 nitrogen and oxygen atoms in total. The second-order valence-electron chi connectivity index (χ2n) is 5.27. The van der Waals surface area contributed by atoms with Gasteiger partial charge in [-0.1, -0.05) is 30.1 Å². The zero-order valence-corrected chi connectivity index (χ0v) is 14.0. The lowest BCUT2D eigenvalue weighted by atomic mass is 10.00. The topological polar surface area (TPSA) is 29.9 Å². The van der Waals surface area contributed by atoms with Gasteiger partial charge in [-0.25, -0.2) is 0 Å². The van der Waals surface area contributed by atoms with Crippen LogP contribution in [-0.2, 0) is 13.5 Å². The van der Waals surface area contributed by atoms with E-state index >= 15 is 0 Å². The molecule has 21 heavy (non-hydrogen) atoms. The lowest BCUT2D eigenvalue weighted by Gasteiger charge is -2.19. The first-order valence-corrected chi connectivity index (χ1v) is 8.01. The third-order valence-electron chi connectivity index (χ3n) is 3.41. The Morgan fingerprint density at radius 2 is 1.95 bits per heavy atom. The van der Waals surface area contributed by atoms with Crippen LogP contribution in [0.4, 0.5) is 0 Å². The van der Waals surface area contributed by atoms with Gasteiger partial charge in [0.1, 0.15) is 0 Å². The van der Waals surface area contributed by atoms with E-state index in [-0.39, 0.29) is 6.04 Å². The number of aryl methyl sites for hydroxylation is 2. The summed E-state index contributed by atoms with van der Waals surface area (Å²) in [6, 6.07) is 6.00. The number of hydrogen-bond donors (Lipinski definition) is 1. The molecule has 0 radical (unpaired) electrons. The van der Waals surface area contributed by atoms with E-state index in [2.05, 4.69) is 23.5 Å². The van der Waals surface area contributed by atoms with E-state index in [0.717, 1.165) is 31.4 Å². The lowest BCUT2D eigenvalue weighted by Crippen LogP contribution is -2.22. The Labute approximate surface area is 136 Å². The van der Waals surface area contributed by atoms with Crippen molar-refractivity contribution in [2.24, 2.45) is 7.05 Å². The normalized spacial score (nSPS) is 12.6. The molecule has 1 unspecified atom stereocenters. The van der Waals surface area contributed by atoms with Crippen LogP contribution >= 0.6 is 23.2 Å². The number of nitrogens with zero attached hydrogens (tertiary/aromatic N) is 2. The Balaban J connectivity index is 2.09. The first-order valence-electron chi connectivity index (χ1n) is 7.25. The van der Waals surface area contributed by atoms with Crippen LogP contribution in [0.3, 0.4) is 0 Å². The largest absolute Gasteiger partial charge is 0.310 e. The highest BCUT2D eigenvalue weighted by Crippen LogP contribution is 2.26. The van der Waals surface area contributed by atoms with E-state index < -0.39 is 0 Å². The van der Waals surface area contributed by atoms with Crippen molar-refractivity contribution in [1.82, 2.24) is 15.1 Å². The van der Waals surface area contributed by atoms with E-state index in [1.54, 1.807) is 6.07 Å². The molecule has 114 valence electrons. The van der Waals surface area contributed by atoms with E-state index in [1.165, 1.54) is 5.56 Å². The molecule has 0 saturated carbocycles. The van der Waals surface area contributed by atoms with Crippen molar-refractivity contribution in [1.29, 1.82) is 0 Å². The molecule has 0 aliphatic heterocycles. The molecule has 5 heteroatoms. The van der Waals surface area contributed by atoms with Gasteiger partial charge < -0.3 is 5.32 Å². The van der Waals surface area contributed by atoms with Crippen molar-refractivity contribution in [2.75, 3.05) is 6.54 Å². The minimum absolute atomic E-state index is 0.251. The highest BCUT2D eigenvalue weighted by Gasteiger charge is 2.13. The average molecular weight is 326 g/mol. The monoisotopic (exact) mass is 325 g/mol. The quantitative estimate of drug-likeness (QED) is 0.817. The van der Waals surface area contributed by atoms with Crippen LogP contribution in [0.1, 0.15) is 36.9 Å². The molecule has 1 N–H and O–H groups in total. The second-order valence-corrected chi connectivity index (χ2v) is 6.14. The first-order chi connectivity index (χ1) is 10.1. The van der Waals surface area contributed by atoms with Gasteiger partial charge in [0.15, 0.2) is 0 Å². The first kappa shape index (κ1) is 16.3. The molecular weight excluding hydrogens is 305 g/mol. The molecular formula is C16H21Cl2N3. The fourth-order valence-corrected chi connectivity index (χ4v) is 2.94. The fourth-order valence-electron chi connectivity index (χ4n) is 2.39. The van der Waals surface area contributed by atoms with E-state index in [1.807, 2.05) is 30.1 Å². The lowest BCUT2D eigenvalue weighted by molar-refractivity contribution is 0.499. The summed E-state index contributed by atoms with van der Waals surface area (Å²) >= 11 is 12.2. The van der Waals surface area contributed by atoms with Crippen molar-refractivity contribution in [2.45, 2.75) is 32.2 Å². The Morgan fingerprint density at radius 3 is 2.52 bits per heavy atom. The van der Waals surface area contributed by atoms with Crippen LogP contribution in [0.5, 0.6) is 0 Å². The summed E-state index contributed by atoms with van der Waals surface area (Å²) in [6.45, 7) is 3.14. The molecule has 0 aliphatic carbocycles. The van der Waals surface area contributed by atoms with E-state index in [4.69, 9.17) is 23.2 Å². The van der Waals surface area contributed by atoms with Crippen LogP contribution in [0, 0.1) is 0 Å². The van der Waals surface area contributed by atoms with Gasteiger partial charge in [-0.2, -0.15) is 5.10 Å². The maximum absolute atomic E-state index is 6.12. The van der Waals surface area contributed by atoms with Gasteiger partial charge in [-0.05, 0) is 55.1 Å². The van der Waals surface area contributed by atoms with Crippen LogP contribution in [0.2, 0.25) is 10.0 Å². The standard InChI is InChI=1S/C16H21Cl2N3/c1-3-6-19-16(5-4-12-10-20-21(2)11-12)13-7-14(17)9-15(18)8-13/h7-11,16,19H,3-6H2,1-2H3. The molecule has 1 aromatic carbocycles. The Morgan fingerprint density at radius 1 is 1.24 bits per heavy atom. The number of hydrogen-bond acceptors (Lipinski definition) is 2. The van der Waals surface area contributed by atoms with Gasteiger partial charge in [0.2, 0.25) is 0 Å². The highest BCUT2D eigenvalue weighted by molar-refractivity contribution is 6.34. The van der Waals surface area contributed by atoms with Gasteiger partial charge in [-0.15, -0.1) is 0 Å². The Bertz CT molecular complexity index is 560. The SMILES string of the molecule is CCCNC(CCc1cnn(C)c1)c1cc(Cl)cc(Cl)c1. The molecule has 0 fully saturated rings. The third kappa shape index (κ3) is 5.03. The Hall–Kier alpha value is -1.03. The van der Waals surface area contributed by atoms with Crippen molar-refractivity contribution in [3.8, 4) is 0 Å². The molecule has 0 bridgehead atoms.